The smallest absolute Gasteiger partial charge is 0.271 e. The predicted molar refractivity (Wildman–Crippen MR) is 76.5 cm³/mol. The second-order valence-electron chi connectivity index (χ2n) is 5.19. The summed E-state index contributed by atoms with van der Waals surface area (Å²) < 4.78 is 0. The molecule has 0 amide bonds. The number of aryl methyl sites for hydroxylation is 1. The number of rotatable bonds is 5. The van der Waals surface area contributed by atoms with Gasteiger partial charge < -0.3 is 10.2 Å². The quantitative estimate of drug-likeness (QED) is 0.655. The van der Waals surface area contributed by atoms with E-state index >= 15 is 0 Å². The molecule has 0 aromatic heterocycles. The molecule has 1 N–H and O–H groups in total. The van der Waals surface area contributed by atoms with Gasteiger partial charge in [-0.15, -0.1) is 0 Å². The highest BCUT2D eigenvalue weighted by Crippen LogP contribution is 2.23. The predicted octanol–water partition coefficient (Wildman–Crippen LogP) is 2.66. The van der Waals surface area contributed by atoms with Crippen LogP contribution >= 0.6 is 0 Å². The monoisotopic (exact) mass is 263 g/mol. The van der Waals surface area contributed by atoms with Gasteiger partial charge in [-0.25, -0.2) is 0 Å². The van der Waals surface area contributed by atoms with Crippen molar-refractivity contribution in [3.05, 3.63) is 33.9 Å². The number of hydrogen-bond acceptors (Lipinski definition) is 4. The molecule has 0 saturated carbocycles. The van der Waals surface area contributed by atoms with E-state index in [1.807, 2.05) is 6.92 Å². The van der Waals surface area contributed by atoms with Gasteiger partial charge in [0.05, 0.1) is 4.92 Å². The summed E-state index contributed by atoms with van der Waals surface area (Å²) in [5.74, 6) is 0.638. The Morgan fingerprint density at radius 1 is 1.53 bits per heavy atom. The highest BCUT2D eigenvalue weighted by molar-refractivity contribution is 5.56. The van der Waals surface area contributed by atoms with E-state index in [0.717, 1.165) is 37.4 Å². The zero-order valence-electron chi connectivity index (χ0n) is 11.6. The van der Waals surface area contributed by atoms with Crippen molar-refractivity contribution in [1.82, 2.24) is 4.90 Å². The van der Waals surface area contributed by atoms with Crippen molar-refractivity contribution in [2.75, 3.05) is 31.5 Å². The molecule has 19 heavy (non-hydrogen) atoms. The molecule has 1 aliphatic heterocycles. The van der Waals surface area contributed by atoms with Crippen molar-refractivity contribution in [1.29, 1.82) is 0 Å². The van der Waals surface area contributed by atoms with E-state index in [1.165, 1.54) is 6.42 Å². The Bertz CT molecular complexity index is 462. The van der Waals surface area contributed by atoms with Crippen LogP contribution in [0.1, 0.15) is 18.9 Å². The molecule has 2 rings (SSSR count). The van der Waals surface area contributed by atoms with Gasteiger partial charge in [0.25, 0.3) is 5.69 Å². The summed E-state index contributed by atoms with van der Waals surface area (Å²) in [4.78, 5) is 12.9. The molecular weight excluding hydrogens is 242 g/mol. The first-order chi connectivity index (χ1) is 9.10. The molecule has 1 aromatic carbocycles. The molecule has 0 spiro atoms. The largest absolute Gasteiger partial charge is 0.384 e. The first-order valence-electron chi connectivity index (χ1n) is 6.81. The normalized spacial score (nSPS) is 19.6. The van der Waals surface area contributed by atoms with E-state index < -0.39 is 0 Å². The summed E-state index contributed by atoms with van der Waals surface area (Å²) in [6.45, 7) is 8.43. The van der Waals surface area contributed by atoms with Crippen LogP contribution in [0.25, 0.3) is 0 Å². The Morgan fingerprint density at radius 2 is 2.32 bits per heavy atom. The summed E-state index contributed by atoms with van der Waals surface area (Å²) >= 11 is 0. The minimum absolute atomic E-state index is 0.148. The van der Waals surface area contributed by atoms with Gasteiger partial charge in [0.1, 0.15) is 0 Å². The minimum atomic E-state index is -0.348. The van der Waals surface area contributed by atoms with Crippen LogP contribution in [0.3, 0.4) is 0 Å². The molecule has 1 aliphatic rings. The Balaban J connectivity index is 1.96. The fourth-order valence-corrected chi connectivity index (χ4v) is 2.53. The number of nitro groups is 1. The lowest BCUT2D eigenvalue weighted by Gasteiger charge is -2.15. The van der Waals surface area contributed by atoms with Crippen LogP contribution in [-0.4, -0.2) is 36.0 Å². The molecule has 1 heterocycles. The van der Waals surface area contributed by atoms with E-state index in [0.29, 0.717) is 5.92 Å². The maximum Gasteiger partial charge on any atom is 0.271 e. The summed E-state index contributed by atoms with van der Waals surface area (Å²) in [7, 11) is 0. The van der Waals surface area contributed by atoms with Gasteiger partial charge in [-0.2, -0.15) is 0 Å². The molecule has 1 atom stereocenters. The molecule has 0 radical (unpaired) electrons. The summed E-state index contributed by atoms with van der Waals surface area (Å²) in [6, 6.07) is 4.98. The third-order valence-corrected chi connectivity index (χ3v) is 3.83. The van der Waals surface area contributed by atoms with E-state index in [9.17, 15) is 10.1 Å². The summed E-state index contributed by atoms with van der Waals surface area (Å²) in [5, 5.41) is 14.1. The zero-order valence-corrected chi connectivity index (χ0v) is 11.6. The first-order valence-corrected chi connectivity index (χ1v) is 6.81. The van der Waals surface area contributed by atoms with Crippen molar-refractivity contribution >= 4 is 11.4 Å². The van der Waals surface area contributed by atoms with Crippen molar-refractivity contribution < 1.29 is 4.92 Å². The van der Waals surface area contributed by atoms with Crippen molar-refractivity contribution in [3.63, 3.8) is 0 Å². The third kappa shape index (κ3) is 3.44. The van der Waals surface area contributed by atoms with E-state index in [1.54, 1.807) is 18.2 Å². The topological polar surface area (TPSA) is 58.4 Å². The number of non-ortho nitro benzene ring substituents is 1. The van der Waals surface area contributed by atoms with Crippen LogP contribution in [-0.2, 0) is 0 Å². The van der Waals surface area contributed by atoms with Crippen molar-refractivity contribution in [2.24, 2.45) is 5.92 Å². The minimum Gasteiger partial charge on any atom is -0.384 e. The molecule has 0 bridgehead atoms. The van der Waals surface area contributed by atoms with Crippen LogP contribution in [0, 0.1) is 23.0 Å². The molecular formula is C14H21N3O2. The summed E-state index contributed by atoms with van der Waals surface area (Å²) in [6.07, 6.45) is 1.20. The number of nitro benzene ring substituents is 1. The maximum absolute atomic E-state index is 10.8. The van der Waals surface area contributed by atoms with Crippen molar-refractivity contribution in [3.8, 4) is 0 Å². The van der Waals surface area contributed by atoms with Gasteiger partial charge in [0, 0.05) is 30.9 Å². The second kappa shape index (κ2) is 6.02. The fraction of sp³-hybridized carbons (Fsp3) is 0.571. The number of likely N-dealkylation sites (tertiary alicyclic amines) is 1. The number of anilines is 1. The number of hydrogen-bond donors (Lipinski definition) is 1. The lowest BCUT2D eigenvalue weighted by molar-refractivity contribution is -0.384. The molecule has 5 heteroatoms. The van der Waals surface area contributed by atoms with Crippen LogP contribution in [0.5, 0.6) is 0 Å². The van der Waals surface area contributed by atoms with Gasteiger partial charge in [-0.1, -0.05) is 13.0 Å². The SMILES string of the molecule is CCN1CCC(CNc2cc([N+](=O)[O-])ccc2C)C1. The highest BCUT2D eigenvalue weighted by Gasteiger charge is 2.21. The zero-order chi connectivity index (χ0) is 13.8. The molecule has 1 fully saturated rings. The van der Waals surface area contributed by atoms with Crippen molar-refractivity contribution in [2.45, 2.75) is 20.3 Å². The summed E-state index contributed by atoms with van der Waals surface area (Å²) in [5.41, 5.74) is 2.08. The third-order valence-electron chi connectivity index (χ3n) is 3.83. The van der Waals surface area contributed by atoms with E-state index in [-0.39, 0.29) is 10.6 Å². The average molecular weight is 263 g/mol. The number of nitrogens with zero attached hydrogens (tertiary/aromatic N) is 2. The lowest BCUT2D eigenvalue weighted by atomic mass is 10.1. The van der Waals surface area contributed by atoms with Crippen LogP contribution < -0.4 is 5.32 Å². The van der Waals surface area contributed by atoms with Gasteiger partial charge in [-0.05, 0) is 37.9 Å². The van der Waals surface area contributed by atoms with Gasteiger partial charge in [-0.3, -0.25) is 10.1 Å². The fourth-order valence-electron chi connectivity index (χ4n) is 2.53. The molecule has 1 aromatic rings. The molecule has 5 nitrogen and oxygen atoms in total. The molecule has 104 valence electrons. The number of nitrogens with one attached hydrogen (secondary N) is 1. The molecule has 1 unspecified atom stereocenters. The first kappa shape index (κ1) is 13.8. The maximum atomic E-state index is 10.8. The van der Waals surface area contributed by atoms with E-state index in [2.05, 4.69) is 17.1 Å². The lowest BCUT2D eigenvalue weighted by Crippen LogP contribution is -2.22. The Morgan fingerprint density at radius 3 is 2.95 bits per heavy atom. The molecule has 0 aliphatic carbocycles. The van der Waals surface area contributed by atoms with E-state index in [4.69, 9.17) is 0 Å². The Hall–Kier alpha value is -1.62. The van der Waals surface area contributed by atoms with Crippen LogP contribution in [0.15, 0.2) is 18.2 Å². The van der Waals surface area contributed by atoms with Gasteiger partial charge >= 0.3 is 0 Å². The average Bonchev–Trinajstić information content (AvgIpc) is 2.85. The second-order valence-corrected chi connectivity index (χ2v) is 5.19. The highest BCUT2D eigenvalue weighted by atomic mass is 16.6. The van der Waals surface area contributed by atoms with Crippen LogP contribution in [0.2, 0.25) is 0 Å². The van der Waals surface area contributed by atoms with Gasteiger partial charge in [0.2, 0.25) is 0 Å². The Labute approximate surface area is 113 Å². The van der Waals surface area contributed by atoms with Gasteiger partial charge in [0.15, 0.2) is 0 Å². The van der Waals surface area contributed by atoms with Crippen LogP contribution in [0.4, 0.5) is 11.4 Å². The Kier molecular flexibility index (Phi) is 4.37. The number of benzene rings is 1. The standard InChI is InChI=1S/C14H21N3O2/c1-3-16-7-6-12(10-16)9-15-14-8-13(17(18)19)5-4-11(14)2/h4-5,8,12,15H,3,6-7,9-10H2,1-2H3. The molecule has 1 saturated heterocycles.